The van der Waals surface area contributed by atoms with Gasteiger partial charge in [0.25, 0.3) is 0 Å². The van der Waals surface area contributed by atoms with Gasteiger partial charge in [-0.15, -0.1) is 0 Å². The largest absolute Gasteiger partial charge is 0.325 e. The summed E-state index contributed by atoms with van der Waals surface area (Å²) in [6.45, 7) is 1.93. The van der Waals surface area contributed by atoms with Crippen LogP contribution in [0.3, 0.4) is 0 Å². The lowest BCUT2D eigenvalue weighted by Gasteiger charge is -2.26. The van der Waals surface area contributed by atoms with Gasteiger partial charge in [-0.1, -0.05) is 12.0 Å². The summed E-state index contributed by atoms with van der Waals surface area (Å²) in [6.07, 6.45) is 3.35. The molecular weight excluding hydrogens is 240 g/mol. The van der Waals surface area contributed by atoms with Gasteiger partial charge in [-0.05, 0) is 37.3 Å². The first kappa shape index (κ1) is 13.4. The number of carbonyl (C=O) groups excluding carboxylic acids is 1. The molecule has 1 aliphatic heterocycles. The van der Waals surface area contributed by atoms with Crippen LogP contribution < -0.4 is 11.1 Å². The normalized spacial score (nSPS) is 14.5. The summed E-state index contributed by atoms with van der Waals surface area (Å²) in [5.41, 5.74) is 5.93. The Kier molecular flexibility index (Phi) is 4.76. The Labute approximate surface area is 113 Å². The van der Waals surface area contributed by atoms with Crippen molar-refractivity contribution in [3.8, 4) is 11.8 Å². The Morgan fingerprint density at radius 3 is 2.89 bits per heavy atom. The van der Waals surface area contributed by atoms with Gasteiger partial charge in [0.15, 0.2) is 0 Å². The first-order chi connectivity index (χ1) is 9.29. The number of rotatable bonds is 1. The van der Waals surface area contributed by atoms with Crippen LogP contribution in [-0.4, -0.2) is 35.5 Å². The number of piperidine rings is 1. The number of aromatic nitrogens is 1. The van der Waals surface area contributed by atoms with Crippen molar-refractivity contribution in [2.24, 2.45) is 5.73 Å². The minimum absolute atomic E-state index is 0.0869. The van der Waals surface area contributed by atoms with E-state index < -0.39 is 0 Å². The van der Waals surface area contributed by atoms with Gasteiger partial charge in [-0.3, -0.25) is 5.32 Å². The fraction of sp³-hybridized carbons (Fsp3) is 0.429. The Hall–Kier alpha value is -2.06. The Morgan fingerprint density at radius 1 is 1.37 bits per heavy atom. The zero-order valence-corrected chi connectivity index (χ0v) is 10.9. The molecule has 0 aliphatic carbocycles. The highest BCUT2D eigenvalue weighted by molar-refractivity contribution is 5.88. The molecule has 19 heavy (non-hydrogen) atoms. The molecule has 3 N–H and O–H groups in total. The van der Waals surface area contributed by atoms with Crippen LogP contribution in [0.1, 0.15) is 25.0 Å². The average Bonchev–Trinajstić information content (AvgIpc) is 2.46. The fourth-order valence-electron chi connectivity index (χ4n) is 2.00. The van der Waals surface area contributed by atoms with E-state index in [4.69, 9.17) is 5.73 Å². The third kappa shape index (κ3) is 3.97. The molecule has 1 aromatic heterocycles. The number of pyridine rings is 1. The summed E-state index contributed by atoms with van der Waals surface area (Å²) in [5.74, 6) is 6.11. The van der Waals surface area contributed by atoms with E-state index in [0.29, 0.717) is 18.1 Å². The molecule has 0 radical (unpaired) electrons. The topological polar surface area (TPSA) is 71.2 Å². The number of urea groups is 1. The molecule has 0 spiro atoms. The zero-order valence-electron chi connectivity index (χ0n) is 10.9. The molecule has 5 nitrogen and oxygen atoms in total. The van der Waals surface area contributed by atoms with Crippen molar-refractivity contribution < 1.29 is 4.79 Å². The summed E-state index contributed by atoms with van der Waals surface area (Å²) in [6, 6.07) is 5.28. The molecule has 2 rings (SSSR count). The monoisotopic (exact) mass is 258 g/mol. The quantitative estimate of drug-likeness (QED) is 0.748. The summed E-state index contributed by atoms with van der Waals surface area (Å²) in [4.78, 5) is 18.1. The van der Waals surface area contributed by atoms with Crippen molar-refractivity contribution in [1.82, 2.24) is 9.88 Å². The zero-order chi connectivity index (χ0) is 13.5. The van der Waals surface area contributed by atoms with E-state index in [1.54, 1.807) is 12.1 Å². The molecule has 0 bridgehead atoms. The highest BCUT2D eigenvalue weighted by Gasteiger charge is 2.16. The van der Waals surface area contributed by atoms with Crippen LogP contribution >= 0.6 is 0 Å². The van der Waals surface area contributed by atoms with Crippen LogP contribution in [0.5, 0.6) is 0 Å². The van der Waals surface area contributed by atoms with Crippen molar-refractivity contribution in [2.75, 3.05) is 25.0 Å². The molecule has 0 saturated carbocycles. The Morgan fingerprint density at radius 2 is 2.16 bits per heavy atom. The first-order valence-electron chi connectivity index (χ1n) is 6.51. The predicted molar refractivity (Wildman–Crippen MR) is 74.6 cm³/mol. The van der Waals surface area contributed by atoms with E-state index >= 15 is 0 Å². The van der Waals surface area contributed by atoms with Crippen LogP contribution in [0.25, 0.3) is 0 Å². The Balaban J connectivity index is 1.99. The van der Waals surface area contributed by atoms with Gasteiger partial charge in [0.2, 0.25) is 0 Å². The third-order valence-corrected chi connectivity index (χ3v) is 2.95. The number of nitrogens with two attached hydrogens (primary N) is 1. The standard InChI is InChI=1S/C14H18N4O/c15-9-5-7-12-6-4-8-13(16-12)17-14(19)18-10-2-1-3-11-18/h4,6,8H,1-3,9-11,15H2,(H,16,17,19). The number of nitrogens with one attached hydrogen (secondary N) is 1. The van der Waals surface area contributed by atoms with Crippen LogP contribution in [-0.2, 0) is 0 Å². The third-order valence-electron chi connectivity index (χ3n) is 2.95. The van der Waals surface area contributed by atoms with Gasteiger partial charge < -0.3 is 10.6 Å². The molecule has 2 heterocycles. The van der Waals surface area contributed by atoms with Gasteiger partial charge >= 0.3 is 6.03 Å². The molecule has 1 saturated heterocycles. The first-order valence-corrected chi connectivity index (χ1v) is 6.51. The van der Waals surface area contributed by atoms with E-state index in [1.165, 1.54) is 6.42 Å². The van der Waals surface area contributed by atoms with E-state index in [9.17, 15) is 4.79 Å². The molecule has 5 heteroatoms. The molecule has 0 unspecified atom stereocenters. The molecule has 100 valence electrons. The van der Waals surface area contributed by atoms with E-state index in [-0.39, 0.29) is 6.03 Å². The number of carbonyl (C=O) groups is 1. The molecule has 1 aliphatic rings. The number of likely N-dealkylation sites (tertiary alicyclic amines) is 1. The maximum Gasteiger partial charge on any atom is 0.323 e. The highest BCUT2D eigenvalue weighted by atomic mass is 16.2. The van der Waals surface area contributed by atoms with Crippen LogP contribution in [0, 0.1) is 11.8 Å². The summed E-state index contributed by atoms with van der Waals surface area (Å²) >= 11 is 0. The van der Waals surface area contributed by atoms with E-state index in [2.05, 4.69) is 22.1 Å². The second-order valence-electron chi connectivity index (χ2n) is 4.39. The van der Waals surface area contributed by atoms with Crippen molar-refractivity contribution >= 4 is 11.8 Å². The van der Waals surface area contributed by atoms with Crippen molar-refractivity contribution in [1.29, 1.82) is 0 Å². The molecular formula is C14H18N4O. The number of hydrogen-bond acceptors (Lipinski definition) is 3. The number of anilines is 1. The molecule has 0 atom stereocenters. The highest BCUT2D eigenvalue weighted by Crippen LogP contribution is 2.11. The summed E-state index contributed by atoms with van der Waals surface area (Å²) in [5, 5.41) is 2.81. The minimum Gasteiger partial charge on any atom is -0.325 e. The van der Waals surface area contributed by atoms with Crippen molar-refractivity contribution in [3.63, 3.8) is 0 Å². The van der Waals surface area contributed by atoms with Crippen molar-refractivity contribution in [2.45, 2.75) is 19.3 Å². The maximum absolute atomic E-state index is 12.0. The van der Waals surface area contributed by atoms with Gasteiger partial charge in [-0.25, -0.2) is 9.78 Å². The van der Waals surface area contributed by atoms with E-state index in [0.717, 1.165) is 25.9 Å². The second kappa shape index (κ2) is 6.76. The van der Waals surface area contributed by atoms with Gasteiger partial charge in [0.05, 0.1) is 6.54 Å². The maximum atomic E-state index is 12.0. The second-order valence-corrected chi connectivity index (χ2v) is 4.39. The minimum atomic E-state index is -0.0869. The lowest BCUT2D eigenvalue weighted by Crippen LogP contribution is -2.38. The summed E-state index contributed by atoms with van der Waals surface area (Å²) in [7, 11) is 0. The summed E-state index contributed by atoms with van der Waals surface area (Å²) < 4.78 is 0. The number of hydrogen-bond donors (Lipinski definition) is 2. The number of amides is 2. The van der Waals surface area contributed by atoms with Crippen LogP contribution in [0.2, 0.25) is 0 Å². The smallest absolute Gasteiger partial charge is 0.323 e. The van der Waals surface area contributed by atoms with Gasteiger partial charge in [0.1, 0.15) is 11.5 Å². The predicted octanol–water partition coefficient (Wildman–Crippen LogP) is 1.41. The lowest BCUT2D eigenvalue weighted by atomic mass is 10.1. The van der Waals surface area contributed by atoms with Crippen LogP contribution in [0.15, 0.2) is 18.2 Å². The van der Waals surface area contributed by atoms with Crippen LogP contribution in [0.4, 0.5) is 10.6 Å². The molecule has 1 fully saturated rings. The van der Waals surface area contributed by atoms with Gasteiger partial charge in [-0.2, -0.15) is 0 Å². The number of nitrogens with zero attached hydrogens (tertiary/aromatic N) is 2. The fourth-order valence-corrected chi connectivity index (χ4v) is 2.00. The van der Waals surface area contributed by atoms with Crippen molar-refractivity contribution in [3.05, 3.63) is 23.9 Å². The van der Waals surface area contributed by atoms with Gasteiger partial charge in [0, 0.05) is 13.1 Å². The Bertz CT molecular complexity index is 498. The lowest BCUT2D eigenvalue weighted by molar-refractivity contribution is 0.200. The molecule has 1 aromatic rings. The van der Waals surface area contributed by atoms with E-state index in [1.807, 2.05) is 11.0 Å². The average molecular weight is 258 g/mol. The molecule has 2 amide bonds. The molecule has 0 aromatic carbocycles. The SMILES string of the molecule is NCC#Cc1cccc(NC(=O)N2CCCCC2)n1.